The number of nitrogens with two attached hydrogens (primary N) is 2. The van der Waals surface area contributed by atoms with Gasteiger partial charge in [0.25, 0.3) is 0 Å². The van der Waals surface area contributed by atoms with Gasteiger partial charge in [0.2, 0.25) is 15.9 Å². The second-order valence-corrected chi connectivity index (χ2v) is 5.60. The first-order chi connectivity index (χ1) is 7.33. The number of anilines is 1. The molecular weight excluding hydrogens is 298 g/mol. The van der Waals surface area contributed by atoms with Crippen molar-refractivity contribution >= 4 is 37.5 Å². The third-order valence-electron chi connectivity index (χ3n) is 1.71. The van der Waals surface area contributed by atoms with Crippen molar-refractivity contribution in [2.45, 2.75) is 4.90 Å². The molecule has 0 aliphatic carbocycles. The molecule has 0 saturated carbocycles. The minimum absolute atomic E-state index is 0.0190. The standard InChI is InChI=1S/C8H10BrN3O3S/c9-6-2-1-5(3-7(6)10)16(14,15)12-4-8(11)13/h1-3,12H,4,10H2,(H2,11,13). The van der Waals surface area contributed by atoms with Crippen LogP contribution in [0.4, 0.5) is 5.69 Å². The van der Waals surface area contributed by atoms with Crippen LogP contribution >= 0.6 is 15.9 Å². The molecule has 0 aliphatic heterocycles. The second kappa shape index (κ2) is 4.81. The summed E-state index contributed by atoms with van der Waals surface area (Å²) in [6.45, 7) is -0.446. The molecular formula is C8H10BrN3O3S. The number of hydrogen-bond acceptors (Lipinski definition) is 4. The molecule has 0 bridgehead atoms. The number of halogens is 1. The maximum Gasteiger partial charge on any atom is 0.241 e. The highest BCUT2D eigenvalue weighted by Crippen LogP contribution is 2.22. The van der Waals surface area contributed by atoms with Gasteiger partial charge >= 0.3 is 0 Å². The summed E-state index contributed by atoms with van der Waals surface area (Å²) < 4.78 is 25.9. The van der Waals surface area contributed by atoms with E-state index in [0.717, 1.165) is 0 Å². The van der Waals surface area contributed by atoms with E-state index in [-0.39, 0.29) is 4.90 Å². The Labute approximate surface area is 101 Å². The smallest absolute Gasteiger partial charge is 0.241 e. The van der Waals surface area contributed by atoms with Crippen molar-refractivity contribution in [2.24, 2.45) is 5.73 Å². The van der Waals surface area contributed by atoms with E-state index in [0.29, 0.717) is 10.2 Å². The Morgan fingerprint density at radius 1 is 1.44 bits per heavy atom. The number of nitrogens with one attached hydrogen (secondary N) is 1. The van der Waals surface area contributed by atoms with Gasteiger partial charge in [-0.15, -0.1) is 0 Å². The van der Waals surface area contributed by atoms with Gasteiger partial charge in [0, 0.05) is 10.2 Å². The molecule has 6 nitrogen and oxygen atoms in total. The van der Waals surface area contributed by atoms with Crippen LogP contribution in [0.5, 0.6) is 0 Å². The lowest BCUT2D eigenvalue weighted by atomic mass is 10.3. The molecule has 0 fully saturated rings. The maximum atomic E-state index is 11.6. The number of carbonyl (C=O) groups is 1. The summed E-state index contributed by atoms with van der Waals surface area (Å²) in [6.07, 6.45) is 0. The topological polar surface area (TPSA) is 115 Å². The Kier molecular flexibility index (Phi) is 3.89. The molecule has 8 heteroatoms. The van der Waals surface area contributed by atoms with Crippen molar-refractivity contribution in [2.75, 3.05) is 12.3 Å². The number of primary amides is 1. The summed E-state index contributed by atoms with van der Waals surface area (Å²) in [5, 5.41) is 0. The van der Waals surface area contributed by atoms with Crippen molar-refractivity contribution < 1.29 is 13.2 Å². The van der Waals surface area contributed by atoms with Gasteiger partial charge in [0.1, 0.15) is 0 Å². The summed E-state index contributed by atoms with van der Waals surface area (Å²) in [7, 11) is -3.75. The summed E-state index contributed by atoms with van der Waals surface area (Å²) in [5.74, 6) is -0.756. The molecule has 0 radical (unpaired) electrons. The molecule has 1 rings (SSSR count). The first-order valence-corrected chi connectivity index (χ1v) is 6.43. The Hall–Kier alpha value is -1.12. The first kappa shape index (κ1) is 12.9. The van der Waals surface area contributed by atoms with Crippen molar-refractivity contribution in [3.05, 3.63) is 22.7 Å². The van der Waals surface area contributed by atoms with E-state index < -0.39 is 22.5 Å². The molecule has 0 unspecified atom stereocenters. The van der Waals surface area contributed by atoms with E-state index in [9.17, 15) is 13.2 Å². The average molecular weight is 308 g/mol. The largest absolute Gasteiger partial charge is 0.398 e. The number of hydrogen-bond donors (Lipinski definition) is 3. The van der Waals surface area contributed by atoms with Crippen LogP contribution in [0, 0.1) is 0 Å². The summed E-state index contributed by atoms with van der Waals surface area (Å²) in [5.41, 5.74) is 10.7. The molecule has 0 saturated heterocycles. The minimum atomic E-state index is -3.75. The molecule has 16 heavy (non-hydrogen) atoms. The molecule has 0 aliphatic rings. The van der Waals surface area contributed by atoms with Gasteiger partial charge in [-0.25, -0.2) is 13.1 Å². The van der Waals surface area contributed by atoms with Crippen molar-refractivity contribution in [1.29, 1.82) is 0 Å². The SMILES string of the molecule is NC(=O)CNS(=O)(=O)c1ccc(Br)c(N)c1. The number of carbonyl (C=O) groups excluding carboxylic acids is 1. The van der Waals surface area contributed by atoms with E-state index in [1.807, 2.05) is 4.72 Å². The molecule has 1 amide bonds. The van der Waals surface area contributed by atoms with Gasteiger partial charge in [0.05, 0.1) is 11.4 Å². The second-order valence-electron chi connectivity index (χ2n) is 2.97. The highest BCUT2D eigenvalue weighted by Gasteiger charge is 2.15. The number of sulfonamides is 1. The lowest BCUT2D eigenvalue weighted by molar-refractivity contribution is -0.116. The molecule has 0 spiro atoms. The van der Waals surface area contributed by atoms with E-state index >= 15 is 0 Å². The Balaban J connectivity index is 2.99. The van der Waals surface area contributed by atoms with Crippen LogP contribution < -0.4 is 16.2 Å². The fraction of sp³-hybridized carbons (Fsp3) is 0.125. The molecule has 88 valence electrons. The van der Waals surface area contributed by atoms with Gasteiger partial charge in [-0.3, -0.25) is 4.79 Å². The first-order valence-electron chi connectivity index (χ1n) is 4.16. The maximum absolute atomic E-state index is 11.6. The van der Waals surface area contributed by atoms with Crippen molar-refractivity contribution in [1.82, 2.24) is 4.72 Å². The quantitative estimate of drug-likeness (QED) is 0.668. The van der Waals surface area contributed by atoms with Gasteiger partial charge in [-0.2, -0.15) is 0 Å². The minimum Gasteiger partial charge on any atom is -0.398 e. The van der Waals surface area contributed by atoms with Crippen LogP contribution in [0.1, 0.15) is 0 Å². The third kappa shape index (κ3) is 3.19. The zero-order valence-electron chi connectivity index (χ0n) is 8.10. The fourth-order valence-corrected chi connectivity index (χ4v) is 2.21. The van der Waals surface area contributed by atoms with E-state index in [1.54, 1.807) is 0 Å². The molecule has 1 aromatic carbocycles. The van der Waals surface area contributed by atoms with E-state index in [4.69, 9.17) is 11.5 Å². The van der Waals surface area contributed by atoms with Gasteiger partial charge in [-0.05, 0) is 34.1 Å². The van der Waals surface area contributed by atoms with Gasteiger partial charge < -0.3 is 11.5 Å². The number of rotatable bonds is 4. The van der Waals surface area contributed by atoms with E-state index in [1.165, 1.54) is 18.2 Å². The fourth-order valence-electron chi connectivity index (χ4n) is 0.938. The zero-order valence-corrected chi connectivity index (χ0v) is 10.5. The highest BCUT2D eigenvalue weighted by molar-refractivity contribution is 9.10. The van der Waals surface area contributed by atoms with Crippen LogP contribution in [0.3, 0.4) is 0 Å². The summed E-state index contributed by atoms with van der Waals surface area (Å²) >= 11 is 3.14. The van der Waals surface area contributed by atoms with Crippen LogP contribution in [-0.2, 0) is 14.8 Å². The average Bonchev–Trinajstić information content (AvgIpc) is 2.19. The van der Waals surface area contributed by atoms with Crippen LogP contribution in [0.25, 0.3) is 0 Å². The Bertz CT molecular complexity index is 515. The van der Waals surface area contributed by atoms with Crippen molar-refractivity contribution in [3.63, 3.8) is 0 Å². The van der Waals surface area contributed by atoms with Gasteiger partial charge in [-0.1, -0.05) is 0 Å². The lowest BCUT2D eigenvalue weighted by Gasteiger charge is -2.06. The Morgan fingerprint density at radius 2 is 2.06 bits per heavy atom. The van der Waals surface area contributed by atoms with Gasteiger partial charge in [0.15, 0.2) is 0 Å². The van der Waals surface area contributed by atoms with E-state index in [2.05, 4.69) is 15.9 Å². The summed E-state index contributed by atoms with van der Waals surface area (Å²) in [6, 6.07) is 4.16. The molecule has 0 aromatic heterocycles. The molecule has 0 atom stereocenters. The van der Waals surface area contributed by atoms with Crippen molar-refractivity contribution in [3.8, 4) is 0 Å². The third-order valence-corrected chi connectivity index (χ3v) is 3.84. The number of nitrogen functional groups attached to an aromatic ring is 1. The lowest BCUT2D eigenvalue weighted by Crippen LogP contribution is -2.33. The van der Waals surface area contributed by atoms with Crippen LogP contribution in [0.2, 0.25) is 0 Å². The molecule has 0 heterocycles. The van der Waals surface area contributed by atoms with Crippen LogP contribution in [-0.4, -0.2) is 20.9 Å². The normalized spacial score (nSPS) is 11.3. The molecule has 1 aromatic rings. The predicted octanol–water partition coefficient (Wildman–Crippen LogP) is -0.205. The monoisotopic (exact) mass is 307 g/mol. The predicted molar refractivity (Wildman–Crippen MR) is 62.9 cm³/mol. The highest BCUT2D eigenvalue weighted by atomic mass is 79.9. The zero-order chi connectivity index (χ0) is 12.3. The number of amides is 1. The summed E-state index contributed by atoms with van der Waals surface area (Å²) in [4.78, 5) is 10.4. The molecule has 5 N–H and O–H groups in total. The number of benzene rings is 1. The Morgan fingerprint density at radius 3 is 2.56 bits per heavy atom. The van der Waals surface area contributed by atoms with Crippen LogP contribution in [0.15, 0.2) is 27.6 Å².